The minimum Gasteiger partial charge on any atom is -0.275 e. The molecule has 0 bridgehead atoms. The predicted octanol–water partition coefficient (Wildman–Crippen LogP) is 1.68. The van der Waals surface area contributed by atoms with E-state index in [2.05, 4.69) is 5.10 Å². The van der Waals surface area contributed by atoms with Crippen LogP contribution in [0.1, 0.15) is 50.1 Å². The van der Waals surface area contributed by atoms with Crippen LogP contribution in [-0.4, -0.2) is 46.4 Å². The van der Waals surface area contributed by atoms with Crippen LogP contribution >= 0.6 is 0 Å². The Morgan fingerprint density at radius 1 is 1.10 bits per heavy atom. The first kappa shape index (κ1) is 15.0. The summed E-state index contributed by atoms with van der Waals surface area (Å²) in [6, 6.07) is -0.0631. The van der Waals surface area contributed by atoms with Crippen LogP contribution in [0.5, 0.6) is 0 Å². The molecule has 7 heteroatoms. The van der Waals surface area contributed by atoms with Crippen molar-refractivity contribution in [1.82, 2.24) is 18.4 Å². The fourth-order valence-corrected chi connectivity index (χ4v) is 5.30. The van der Waals surface area contributed by atoms with Gasteiger partial charge in [-0.15, -0.1) is 0 Å². The van der Waals surface area contributed by atoms with Gasteiger partial charge in [0.15, 0.2) is 0 Å². The van der Waals surface area contributed by atoms with E-state index < -0.39 is 10.2 Å². The van der Waals surface area contributed by atoms with Gasteiger partial charge in [-0.25, -0.2) is 0 Å². The topological polar surface area (TPSA) is 58.4 Å². The molecule has 0 radical (unpaired) electrons. The molecule has 0 unspecified atom stereocenters. The highest BCUT2D eigenvalue weighted by atomic mass is 32.2. The Morgan fingerprint density at radius 3 is 2.48 bits per heavy atom. The molecule has 0 spiro atoms. The third kappa shape index (κ3) is 3.00. The number of rotatable bonds is 3. The predicted molar refractivity (Wildman–Crippen MR) is 80.8 cm³/mol. The van der Waals surface area contributed by atoms with Crippen LogP contribution in [-0.2, 0) is 17.3 Å². The van der Waals surface area contributed by atoms with E-state index in [-0.39, 0.29) is 6.04 Å². The van der Waals surface area contributed by atoms with Gasteiger partial charge in [-0.1, -0.05) is 12.8 Å². The molecule has 118 valence electrons. The smallest absolute Gasteiger partial charge is 0.275 e. The summed E-state index contributed by atoms with van der Waals surface area (Å²) in [7, 11) is -1.47. The Hall–Kier alpha value is -0.920. The summed E-state index contributed by atoms with van der Waals surface area (Å²) in [6.07, 6.45) is 9.72. The molecule has 0 saturated carbocycles. The van der Waals surface area contributed by atoms with Gasteiger partial charge in [0.2, 0.25) is 0 Å². The SMILES string of the molecule is Cn1cc([C@H]2CCCCCN2S(=O)(=O)N2CCCC2)cn1. The summed E-state index contributed by atoms with van der Waals surface area (Å²) < 4.78 is 31.0. The highest BCUT2D eigenvalue weighted by Crippen LogP contribution is 2.33. The number of hydrogen-bond acceptors (Lipinski definition) is 3. The first-order valence-corrected chi connectivity index (χ1v) is 9.24. The minimum absolute atomic E-state index is 0.0631. The van der Waals surface area contributed by atoms with Crippen molar-refractivity contribution in [2.75, 3.05) is 19.6 Å². The normalized spacial score (nSPS) is 26.0. The Morgan fingerprint density at radius 2 is 1.81 bits per heavy atom. The quantitative estimate of drug-likeness (QED) is 0.853. The second kappa shape index (κ2) is 6.06. The second-order valence-electron chi connectivity index (χ2n) is 6.04. The summed E-state index contributed by atoms with van der Waals surface area (Å²) >= 11 is 0. The van der Waals surface area contributed by atoms with Crippen LogP contribution in [0.3, 0.4) is 0 Å². The zero-order chi connectivity index (χ0) is 14.9. The van der Waals surface area contributed by atoms with Crippen LogP contribution in [0.2, 0.25) is 0 Å². The van der Waals surface area contributed by atoms with E-state index in [1.54, 1.807) is 13.3 Å². The zero-order valence-electron chi connectivity index (χ0n) is 12.6. The van der Waals surface area contributed by atoms with E-state index in [4.69, 9.17) is 0 Å². The molecule has 0 aromatic carbocycles. The molecule has 0 amide bonds. The standard InChI is InChI=1S/C14H24N4O2S/c1-16-12-13(11-15-16)14-7-3-2-4-10-18(14)21(19,20)17-8-5-6-9-17/h11-12,14H,2-10H2,1H3/t14-/m1/s1. The van der Waals surface area contributed by atoms with Crippen molar-refractivity contribution < 1.29 is 8.42 Å². The van der Waals surface area contributed by atoms with Gasteiger partial charge >= 0.3 is 0 Å². The van der Waals surface area contributed by atoms with Crippen molar-refractivity contribution in [3.05, 3.63) is 18.0 Å². The molecule has 1 atom stereocenters. The molecule has 0 aliphatic carbocycles. The van der Waals surface area contributed by atoms with E-state index in [1.165, 1.54) is 0 Å². The van der Waals surface area contributed by atoms with Gasteiger partial charge in [0.1, 0.15) is 0 Å². The van der Waals surface area contributed by atoms with Gasteiger partial charge in [0, 0.05) is 38.4 Å². The molecule has 6 nitrogen and oxygen atoms in total. The highest BCUT2D eigenvalue weighted by Gasteiger charge is 2.37. The molecule has 2 aliphatic heterocycles. The maximum atomic E-state index is 13.0. The van der Waals surface area contributed by atoms with Crippen molar-refractivity contribution >= 4 is 10.2 Å². The largest absolute Gasteiger partial charge is 0.282 e. The number of aryl methyl sites for hydroxylation is 1. The molecule has 3 heterocycles. The van der Waals surface area contributed by atoms with E-state index >= 15 is 0 Å². The van der Waals surface area contributed by atoms with Gasteiger partial charge in [-0.2, -0.15) is 22.1 Å². The molecule has 2 fully saturated rings. The summed E-state index contributed by atoms with van der Waals surface area (Å²) in [6.45, 7) is 1.95. The third-order valence-electron chi connectivity index (χ3n) is 4.50. The molecule has 1 aromatic rings. The first-order valence-electron chi connectivity index (χ1n) is 7.84. The van der Waals surface area contributed by atoms with Gasteiger partial charge in [0.05, 0.1) is 12.2 Å². The molecular formula is C14H24N4O2S. The lowest BCUT2D eigenvalue weighted by Gasteiger charge is -2.32. The van der Waals surface area contributed by atoms with Crippen molar-refractivity contribution in [3.8, 4) is 0 Å². The van der Waals surface area contributed by atoms with Crippen molar-refractivity contribution in [1.29, 1.82) is 0 Å². The van der Waals surface area contributed by atoms with E-state index in [1.807, 2.05) is 19.4 Å². The number of aromatic nitrogens is 2. The first-order chi connectivity index (χ1) is 10.1. The van der Waals surface area contributed by atoms with Gasteiger partial charge in [-0.3, -0.25) is 4.68 Å². The molecular weight excluding hydrogens is 288 g/mol. The Kier molecular flexibility index (Phi) is 4.33. The lowest BCUT2D eigenvalue weighted by atomic mass is 10.1. The second-order valence-corrected chi connectivity index (χ2v) is 7.92. The summed E-state index contributed by atoms with van der Waals surface area (Å²) in [5, 5.41) is 4.22. The maximum Gasteiger partial charge on any atom is 0.282 e. The van der Waals surface area contributed by atoms with Crippen LogP contribution in [0.25, 0.3) is 0 Å². The maximum absolute atomic E-state index is 13.0. The highest BCUT2D eigenvalue weighted by molar-refractivity contribution is 7.86. The Bertz CT molecular complexity index is 578. The molecule has 2 aliphatic rings. The summed E-state index contributed by atoms with van der Waals surface area (Å²) in [5.41, 5.74) is 1.02. The van der Waals surface area contributed by atoms with Crippen LogP contribution in [0.4, 0.5) is 0 Å². The molecule has 1 aromatic heterocycles. The van der Waals surface area contributed by atoms with Crippen LogP contribution in [0, 0.1) is 0 Å². The van der Waals surface area contributed by atoms with Gasteiger partial charge < -0.3 is 0 Å². The third-order valence-corrected chi connectivity index (χ3v) is 6.55. The van der Waals surface area contributed by atoms with E-state index in [0.717, 1.165) is 44.1 Å². The van der Waals surface area contributed by atoms with Gasteiger partial charge in [-0.05, 0) is 25.7 Å². The molecule has 3 rings (SSSR count). The Balaban J connectivity index is 1.91. The number of hydrogen-bond donors (Lipinski definition) is 0. The fourth-order valence-electron chi connectivity index (χ4n) is 3.37. The van der Waals surface area contributed by atoms with E-state index in [9.17, 15) is 8.42 Å². The van der Waals surface area contributed by atoms with Gasteiger partial charge in [0.25, 0.3) is 10.2 Å². The number of nitrogens with zero attached hydrogens (tertiary/aromatic N) is 4. The van der Waals surface area contributed by atoms with Crippen LogP contribution < -0.4 is 0 Å². The average Bonchev–Trinajstić information content (AvgIpc) is 3.06. The fraction of sp³-hybridized carbons (Fsp3) is 0.786. The molecule has 21 heavy (non-hydrogen) atoms. The summed E-state index contributed by atoms with van der Waals surface area (Å²) in [4.78, 5) is 0. The van der Waals surface area contributed by atoms with Crippen molar-refractivity contribution in [2.45, 2.75) is 44.6 Å². The molecule has 0 N–H and O–H groups in total. The van der Waals surface area contributed by atoms with Crippen molar-refractivity contribution in [2.24, 2.45) is 7.05 Å². The van der Waals surface area contributed by atoms with Crippen molar-refractivity contribution in [3.63, 3.8) is 0 Å². The zero-order valence-corrected chi connectivity index (χ0v) is 13.4. The lowest BCUT2D eigenvalue weighted by Crippen LogP contribution is -2.44. The lowest BCUT2D eigenvalue weighted by molar-refractivity contribution is 0.299. The van der Waals surface area contributed by atoms with Crippen LogP contribution in [0.15, 0.2) is 12.4 Å². The average molecular weight is 312 g/mol. The minimum atomic E-state index is -3.34. The Labute approximate surface area is 126 Å². The van der Waals surface area contributed by atoms with E-state index in [0.29, 0.717) is 19.6 Å². The summed E-state index contributed by atoms with van der Waals surface area (Å²) in [5.74, 6) is 0. The molecule has 2 saturated heterocycles. The monoisotopic (exact) mass is 312 g/mol.